The van der Waals surface area contributed by atoms with Crippen molar-refractivity contribution in [3.05, 3.63) is 0 Å². The van der Waals surface area contributed by atoms with E-state index in [2.05, 4.69) is 24.5 Å². The van der Waals surface area contributed by atoms with Crippen LogP contribution in [0.4, 0.5) is 0 Å². The molecule has 0 aliphatic carbocycles. The molecular weight excluding hydrogens is 164 g/mol. The Balaban J connectivity index is 2.34. The lowest BCUT2D eigenvalue weighted by Crippen LogP contribution is -2.37. The summed E-state index contributed by atoms with van der Waals surface area (Å²) in [6, 6.07) is 0.911. The van der Waals surface area contributed by atoms with E-state index < -0.39 is 0 Å². The van der Waals surface area contributed by atoms with E-state index in [9.17, 15) is 4.79 Å². The molecule has 3 nitrogen and oxygen atoms in total. The van der Waals surface area contributed by atoms with E-state index in [0.717, 1.165) is 25.8 Å². The predicted molar refractivity (Wildman–Crippen MR) is 53.5 cm³/mol. The Morgan fingerprint density at radius 1 is 1.69 bits per heavy atom. The lowest BCUT2D eigenvalue weighted by molar-refractivity contribution is -0.121. The van der Waals surface area contributed by atoms with Crippen molar-refractivity contribution in [2.45, 2.75) is 51.6 Å². The number of carbonyl (C=O) groups is 1. The minimum absolute atomic E-state index is 0.193. The standard InChI is InChI=1S/C10H20N2O/c1-3-8(2)12-9-5-4-6-11-10(13)7-9/h8-9,12H,3-7H2,1-2H3,(H,11,13). The molecule has 1 heterocycles. The van der Waals surface area contributed by atoms with E-state index in [4.69, 9.17) is 0 Å². The molecule has 2 atom stereocenters. The molecule has 0 bridgehead atoms. The minimum Gasteiger partial charge on any atom is -0.356 e. The third kappa shape index (κ3) is 3.77. The second kappa shape index (κ2) is 5.22. The van der Waals surface area contributed by atoms with Gasteiger partial charge in [-0.15, -0.1) is 0 Å². The average molecular weight is 184 g/mol. The Bertz CT molecular complexity index is 170. The molecule has 2 unspecified atom stereocenters. The Kier molecular flexibility index (Phi) is 4.22. The smallest absolute Gasteiger partial charge is 0.221 e. The maximum atomic E-state index is 11.2. The van der Waals surface area contributed by atoms with Gasteiger partial charge in [0.05, 0.1) is 0 Å². The van der Waals surface area contributed by atoms with Crippen LogP contribution in [-0.4, -0.2) is 24.5 Å². The van der Waals surface area contributed by atoms with Gasteiger partial charge in [-0.1, -0.05) is 6.92 Å². The topological polar surface area (TPSA) is 41.1 Å². The minimum atomic E-state index is 0.193. The first-order valence-corrected chi connectivity index (χ1v) is 5.25. The number of nitrogens with one attached hydrogen (secondary N) is 2. The normalized spacial score (nSPS) is 26.3. The molecule has 13 heavy (non-hydrogen) atoms. The molecule has 3 heteroatoms. The second-order valence-corrected chi connectivity index (χ2v) is 3.87. The first-order valence-electron chi connectivity index (χ1n) is 5.25. The van der Waals surface area contributed by atoms with Crippen LogP contribution in [0.15, 0.2) is 0 Å². The Labute approximate surface area is 80.3 Å². The van der Waals surface area contributed by atoms with E-state index >= 15 is 0 Å². The molecule has 0 spiro atoms. The van der Waals surface area contributed by atoms with Crippen LogP contribution in [-0.2, 0) is 4.79 Å². The van der Waals surface area contributed by atoms with Crippen molar-refractivity contribution in [1.82, 2.24) is 10.6 Å². The van der Waals surface area contributed by atoms with Crippen LogP contribution in [0.25, 0.3) is 0 Å². The summed E-state index contributed by atoms with van der Waals surface area (Å²) < 4.78 is 0. The number of hydrogen-bond acceptors (Lipinski definition) is 2. The molecule has 0 aromatic carbocycles. The highest BCUT2D eigenvalue weighted by atomic mass is 16.1. The quantitative estimate of drug-likeness (QED) is 0.688. The highest BCUT2D eigenvalue weighted by Gasteiger charge is 2.17. The number of carbonyl (C=O) groups excluding carboxylic acids is 1. The van der Waals surface area contributed by atoms with Crippen molar-refractivity contribution in [3.63, 3.8) is 0 Å². The van der Waals surface area contributed by atoms with Crippen LogP contribution >= 0.6 is 0 Å². The van der Waals surface area contributed by atoms with Crippen LogP contribution in [0.1, 0.15) is 39.5 Å². The van der Waals surface area contributed by atoms with Gasteiger partial charge < -0.3 is 10.6 Å². The molecule has 1 saturated heterocycles. The van der Waals surface area contributed by atoms with Gasteiger partial charge in [-0.3, -0.25) is 4.79 Å². The zero-order valence-electron chi connectivity index (χ0n) is 8.60. The van der Waals surface area contributed by atoms with Crippen molar-refractivity contribution in [3.8, 4) is 0 Å². The maximum absolute atomic E-state index is 11.2. The van der Waals surface area contributed by atoms with E-state index in [1.165, 1.54) is 0 Å². The summed E-state index contributed by atoms with van der Waals surface area (Å²) in [5.74, 6) is 0.193. The fourth-order valence-electron chi connectivity index (χ4n) is 1.64. The molecule has 1 rings (SSSR count). The first kappa shape index (κ1) is 10.5. The van der Waals surface area contributed by atoms with E-state index in [-0.39, 0.29) is 5.91 Å². The van der Waals surface area contributed by atoms with Gasteiger partial charge in [-0.05, 0) is 26.2 Å². The fourth-order valence-corrected chi connectivity index (χ4v) is 1.64. The Hall–Kier alpha value is -0.570. The second-order valence-electron chi connectivity index (χ2n) is 3.87. The number of hydrogen-bond donors (Lipinski definition) is 2. The summed E-state index contributed by atoms with van der Waals surface area (Å²) in [6.45, 7) is 5.18. The SMILES string of the molecule is CCC(C)NC1CCCNC(=O)C1. The molecule has 1 aliphatic heterocycles. The molecule has 0 aromatic heterocycles. The third-order valence-corrected chi connectivity index (χ3v) is 2.62. The van der Waals surface area contributed by atoms with E-state index in [0.29, 0.717) is 18.5 Å². The Morgan fingerprint density at radius 3 is 3.15 bits per heavy atom. The molecular formula is C10H20N2O. The molecule has 1 aliphatic rings. The van der Waals surface area contributed by atoms with Gasteiger partial charge in [-0.25, -0.2) is 0 Å². The number of rotatable bonds is 3. The predicted octanol–water partition coefficient (Wildman–Crippen LogP) is 1.04. The van der Waals surface area contributed by atoms with Gasteiger partial charge in [0.15, 0.2) is 0 Å². The van der Waals surface area contributed by atoms with Gasteiger partial charge in [0.1, 0.15) is 0 Å². The van der Waals surface area contributed by atoms with Crippen molar-refractivity contribution in [1.29, 1.82) is 0 Å². The summed E-state index contributed by atoms with van der Waals surface area (Å²) in [5.41, 5.74) is 0. The highest BCUT2D eigenvalue weighted by molar-refractivity contribution is 5.76. The summed E-state index contributed by atoms with van der Waals surface area (Å²) in [4.78, 5) is 11.2. The van der Waals surface area contributed by atoms with Crippen LogP contribution in [0.3, 0.4) is 0 Å². The third-order valence-electron chi connectivity index (χ3n) is 2.62. The molecule has 76 valence electrons. The molecule has 0 aromatic rings. The lowest BCUT2D eigenvalue weighted by Gasteiger charge is -2.19. The van der Waals surface area contributed by atoms with E-state index in [1.807, 2.05) is 0 Å². The lowest BCUT2D eigenvalue weighted by atomic mass is 10.1. The summed E-state index contributed by atoms with van der Waals surface area (Å²) >= 11 is 0. The molecule has 1 amide bonds. The zero-order chi connectivity index (χ0) is 9.68. The van der Waals surface area contributed by atoms with Crippen LogP contribution in [0.5, 0.6) is 0 Å². The van der Waals surface area contributed by atoms with Crippen molar-refractivity contribution in [2.24, 2.45) is 0 Å². The van der Waals surface area contributed by atoms with Crippen molar-refractivity contribution < 1.29 is 4.79 Å². The highest BCUT2D eigenvalue weighted by Crippen LogP contribution is 2.07. The zero-order valence-corrected chi connectivity index (χ0v) is 8.60. The van der Waals surface area contributed by atoms with Gasteiger partial charge in [0.25, 0.3) is 0 Å². The summed E-state index contributed by atoms with van der Waals surface area (Å²) in [5, 5.41) is 6.36. The van der Waals surface area contributed by atoms with Crippen LogP contribution < -0.4 is 10.6 Å². The summed E-state index contributed by atoms with van der Waals surface area (Å²) in [7, 11) is 0. The van der Waals surface area contributed by atoms with Crippen LogP contribution in [0, 0.1) is 0 Å². The number of amides is 1. The first-order chi connectivity index (χ1) is 6.22. The molecule has 0 radical (unpaired) electrons. The van der Waals surface area contributed by atoms with Crippen LogP contribution in [0.2, 0.25) is 0 Å². The van der Waals surface area contributed by atoms with Gasteiger partial charge in [0, 0.05) is 25.0 Å². The maximum Gasteiger partial charge on any atom is 0.221 e. The van der Waals surface area contributed by atoms with Gasteiger partial charge in [0.2, 0.25) is 5.91 Å². The van der Waals surface area contributed by atoms with Gasteiger partial charge in [-0.2, -0.15) is 0 Å². The fraction of sp³-hybridized carbons (Fsp3) is 0.900. The average Bonchev–Trinajstić information content (AvgIpc) is 2.30. The van der Waals surface area contributed by atoms with Crippen molar-refractivity contribution >= 4 is 5.91 Å². The molecule has 0 saturated carbocycles. The Morgan fingerprint density at radius 2 is 2.46 bits per heavy atom. The molecule has 1 fully saturated rings. The van der Waals surface area contributed by atoms with E-state index in [1.54, 1.807) is 0 Å². The monoisotopic (exact) mass is 184 g/mol. The largest absolute Gasteiger partial charge is 0.356 e. The van der Waals surface area contributed by atoms with Gasteiger partial charge >= 0.3 is 0 Å². The molecule has 2 N–H and O–H groups in total. The summed E-state index contributed by atoms with van der Waals surface area (Å²) in [6.07, 6.45) is 3.98. The van der Waals surface area contributed by atoms with Crippen molar-refractivity contribution in [2.75, 3.05) is 6.54 Å².